The third-order valence-corrected chi connectivity index (χ3v) is 2.98. The van der Waals surface area contributed by atoms with Crippen LogP contribution in [0.15, 0.2) is 23.2 Å². The Labute approximate surface area is 90.8 Å². The zero-order valence-corrected chi connectivity index (χ0v) is 8.94. The van der Waals surface area contributed by atoms with E-state index in [2.05, 4.69) is 10.3 Å². The summed E-state index contributed by atoms with van der Waals surface area (Å²) in [5.41, 5.74) is 0.135. The lowest BCUT2D eigenvalue weighted by Gasteiger charge is -2.06. The molecular weight excluding hydrogens is 218 g/mol. The molecule has 1 aliphatic heterocycles. The number of aliphatic imine (C=N–C) groups is 1. The first-order valence-corrected chi connectivity index (χ1v) is 5.46. The number of amidine groups is 1. The van der Waals surface area contributed by atoms with E-state index in [0.717, 1.165) is 18.2 Å². The van der Waals surface area contributed by atoms with E-state index in [-0.39, 0.29) is 5.69 Å². The highest BCUT2D eigenvalue weighted by Crippen LogP contribution is 2.23. The molecule has 0 radical (unpaired) electrons. The molecule has 2 rings (SSSR count). The maximum atomic E-state index is 13.2. The number of benzene rings is 1. The second-order valence-corrected chi connectivity index (χ2v) is 4.75. The number of hydrogen-bond donors (Lipinski definition) is 1. The average Bonchev–Trinajstić information content (AvgIpc) is 2.58. The minimum absolute atomic E-state index is 0.135. The first-order chi connectivity index (χ1) is 7.15. The molecule has 0 fully saturated rings. The molecule has 1 heterocycles. The van der Waals surface area contributed by atoms with Crippen molar-refractivity contribution >= 4 is 22.6 Å². The van der Waals surface area contributed by atoms with Gasteiger partial charge in [-0.25, -0.2) is 8.78 Å². The number of nitrogens with one attached hydrogen (secondary N) is 1. The number of halogens is 2. The standard InChI is InChI=1S/C10H10F2N2S/c1-6-5-13-10(15-6)14-9-4-7(11)2-3-8(9)12/h2-4,6H,5H2,1H3,(H,13,14). The third kappa shape index (κ3) is 2.47. The van der Waals surface area contributed by atoms with Gasteiger partial charge in [0.2, 0.25) is 0 Å². The molecule has 0 amide bonds. The normalized spacial score (nSPS) is 20.2. The van der Waals surface area contributed by atoms with Gasteiger partial charge in [-0.05, 0) is 12.1 Å². The first kappa shape index (κ1) is 10.4. The summed E-state index contributed by atoms with van der Waals surface area (Å²) in [7, 11) is 0. The van der Waals surface area contributed by atoms with Gasteiger partial charge in [0.1, 0.15) is 11.6 Å². The Balaban J connectivity index is 2.14. The second kappa shape index (κ2) is 4.18. The minimum atomic E-state index is -0.473. The van der Waals surface area contributed by atoms with Gasteiger partial charge in [0.15, 0.2) is 5.17 Å². The molecule has 2 nitrogen and oxygen atoms in total. The Morgan fingerprint density at radius 2 is 2.27 bits per heavy atom. The van der Waals surface area contributed by atoms with Crippen molar-refractivity contribution in [3.63, 3.8) is 0 Å². The molecule has 15 heavy (non-hydrogen) atoms. The van der Waals surface area contributed by atoms with Crippen LogP contribution >= 0.6 is 11.8 Å². The zero-order valence-electron chi connectivity index (χ0n) is 8.13. The number of hydrogen-bond acceptors (Lipinski definition) is 3. The summed E-state index contributed by atoms with van der Waals surface area (Å²) in [6.45, 7) is 2.74. The molecule has 1 N–H and O–H groups in total. The van der Waals surface area contributed by atoms with Crippen LogP contribution in [0.5, 0.6) is 0 Å². The Morgan fingerprint density at radius 1 is 1.47 bits per heavy atom. The van der Waals surface area contributed by atoms with Gasteiger partial charge in [0.05, 0.1) is 12.2 Å². The molecule has 0 aromatic heterocycles. The minimum Gasteiger partial charge on any atom is -0.332 e. The lowest BCUT2D eigenvalue weighted by molar-refractivity contribution is 0.604. The predicted octanol–water partition coefficient (Wildman–Crippen LogP) is 2.87. The highest BCUT2D eigenvalue weighted by molar-refractivity contribution is 8.15. The summed E-state index contributed by atoms with van der Waals surface area (Å²) in [5.74, 6) is -0.935. The van der Waals surface area contributed by atoms with E-state index >= 15 is 0 Å². The highest BCUT2D eigenvalue weighted by atomic mass is 32.2. The molecule has 1 unspecified atom stereocenters. The lowest BCUT2D eigenvalue weighted by atomic mass is 10.3. The van der Waals surface area contributed by atoms with E-state index in [1.165, 1.54) is 11.8 Å². The summed E-state index contributed by atoms with van der Waals surface area (Å²) in [6, 6.07) is 3.31. The largest absolute Gasteiger partial charge is 0.332 e. The van der Waals surface area contributed by atoms with Gasteiger partial charge in [0, 0.05) is 11.3 Å². The van der Waals surface area contributed by atoms with E-state index < -0.39 is 11.6 Å². The van der Waals surface area contributed by atoms with Gasteiger partial charge < -0.3 is 5.32 Å². The van der Waals surface area contributed by atoms with Crippen molar-refractivity contribution in [3.8, 4) is 0 Å². The van der Waals surface area contributed by atoms with E-state index in [0.29, 0.717) is 17.0 Å². The molecular formula is C10H10F2N2S. The molecule has 0 saturated carbocycles. The van der Waals surface area contributed by atoms with Gasteiger partial charge >= 0.3 is 0 Å². The average molecular weight is 228 g/mol. The summed E-state index contributed by atoms with van der Waals surface area (Å²) < 4.78 is 26.1. The van der Waals surface area contributed by atoms with Crippen LogP contribution in [0.4, 0.5) is 14.5 Å². The molecule has 0 aliphatic carbocycles. The van der Waals surface area contributed by atoms with E-state index in [4.69, 9.17) is 0 Å². The molecule has 1 atom stereocenters. The van der Waals surface area contributed by atoms with Crippen molar-refractivity contribution in [2.45, 2.75) is 12.2 Å². The Morgan fingerprint density at radius 3 is 2.93 bits per heavy atom. The molecule has 1 aromatic carbocycles. The van der Waals surface area contributed by atoms with Crippen LogP contribution < -0.4 is 5.32 Å². The van der Waals surface area contributed by atoms with Crippen LogP contribution in [0.3, 0.4) is 0 Å². The number of thioether (sulfide) groups is 1. The van der Waals surface area contributed by atoms with E-state index in [9.17, 15) is 8.78 Å². The van der Waals surface area contributed by atoms with Crippen molar-refractivity contribution in [2.24, 2.45) is 4.99 Å². The molecule has 80 valence electrons. The summed E-state index contributed by atoms with van der Waals surface area (Å²) in [6.07, 6.45) is 0. The molecule has 0 saturated heterocycles. The second-order valence-electron chi connectivity index (χ2n) is 3.32. The van der Waals surface area contributed by atoms with Crippen molar-refractivity contribution in [1.82, 2.24) is 0 Å². The molecule has 0 spiro atoms. The highest BCUT2D eigenvalue weighted by Gasteiger charge is 2.16. The smallest absolute Gasteiger partial charge is 0.161 e. The predicted molar refractivity (Wildman–Crippen MR) is 59.3 cm³/mol. The topological polar surface area (TPSA) is 24.4 Å². The number of rotatable bonds is 1. The maximum Gasteiger partial charge on any atom is 0.161 e. The number of anilines is 1. The van der Waals surface area contributed by atoms with E-state index in [1.807, 2.05) is 6.92 Å². The summed E-state index contributed by atoms with van der Waals surface area (Å²) >= 11 is 1.52. The van der Waals surface area contributed by atoms with Crippen molar-refractivity contribution in [2.75, 3.05) is 11.9 Å². The fourth-order valence-corrected chi connectivity index (χ4v) is 2.10. The molecule has 0 bridgehead atoms. The third-order valence-electron chi connectivity index (χ3n) is 1.97. The fourth-order valence-electron chi connectivity index (χ4n) is 1.25. The Kier molecular flexibility index (Phi) is 2.90. The van der Waals surface area contributed by atoms with Crippen LogP contribution in [0, 0.1) is 11.6 Å². The van der Waals surface area contributed by atoms with Crippen molar-refractivity contribution in [1.29, 1.82) is 0 Å². The fraction of sp³-hybridized carbons (Fsp3) is 0.300. The van der Waals surface area contributed by atoms with Crippen LogP contribution in [0.2, 0.25) is 0 Å². The zero-order chi connectivity index (χ0) is 10.8. The molecule has 1 aliphatic rings. The van der Waals surface area contributed by atoms with Crippen LogP contribution in [-0.2, 0) is 0 Å². The van der Waals surface area contributed by atoms with E-state index in [1.54, 1.807) is 0 Å². The Bertz CT molecular complexity index is 406. The SMILES string of the molecule is CC1CN=C(Nc2cc(F)ccc2F)S1. The van der Waals surface area contributed by atoms with Crippen LogP contribution in [0.1, 0.15) is 6.92 Å². The lowest BCUT2D eigenvalue weighted by Crippen LogP contribution is -2.07. The Hall–Kier alpha value is -1.10. The monoisotopic (exact) mass is 228 g/mol. The quantitative estimate of drug-likeness (QED) is 0.799. The first-order valence-electron chi connectivity index (χ1n) is 4.58. The van der Waals surface area contributed by atoms with Gasteiger partial charge in [-0.3, -0.25) is 4.99 Å². The van der Waals surface area contributed by atoms with Crippen molar-refractivity contribution in [3.05, 3.63) is 29.8 Å². The van der Waals surface area contributed by atoms with Gasteiger partial charge in [-0.2, -0.15) is 0 Å². The van der Waals surface area contributed by atoms with Crippen molar-refractivity contribution < 1.29 is 8.78 Å². The van der Waals surface area contributed by atoms with Gasteiger partial charge in [-0.15, -0.1) is 0 Å². The van der Waals surface area contributed by atoms with Crippen LogP contribution in [0.25, 0.3) is 0 Å². The summed E-state index contributed by atoms with van der Waals surface area (Å²) in [5, 5.41) is 3.82. The van der Waals surface area contributed by atoms with Crippen LogP contribution in [-0.4, -0.2) is 17.0 Å². The molecule has 5 heteroatoms. The molecule has 1 aromatic rings. The van der Waals surface area contributed by atoms with Gasteiger partial charge in [0.25, 0.3) is 0 Å². The number of nitrogens with zero attached hydrogens (tertiary/aromatic N) is 1. The van der Waals surface area contributed by atoms with Gasteiger partial charge in [-0.1, -0.05) is 18.7 Å². The maximum absolute atomic E-state index is 13.2. The summed E-state index contributed by atoms with van der Waals surface area (Å²) in [4.78, 5) is 4.16.